The summed E-state index contributed by atoms with van der Waals surface area (Å²) in [7, 11) is 2.04. The van der Waals surface area contributed by atoms with Gasteiger partial charge in [-0.3, -0.25) is 0 Å². The van der Waals surface area contributed by atoms with Gasteiger partial charge in [0.15, 0.2) is 0 Å². The molecule has 0 saturated heterocycles. The number of hydrogen-bond donors (Lipinski definition) is 1. The second-order valence-corrected chi connectivity index (χ2v) is 5.71. The van der Waals surface area contributed by atoms with Gasteiger partial charge in [-0.1, -0.05) is 6.92 Å². The Labute approximate surface area is 112 Å². The molecule has 1 N–H and O–H groups in total. The zero-order chi connectivity index (χ0) is 13.0. The minimum Gasteiger partial charge on any atom is -0.338 e. The van der Waals surface area contributed by atoms with Crippen molar-refractivity contribution >= 4 is 11.3 Å². The normalized spacial score (nSPS) is 12.8. The van der Waals surface area contributed by atoms with E-state index in [9.17, 15) is 0 Å². The Morgan fingerprint density at radius 1 is 1.44 bits per heavy atom. The molecular formula is C13H20N4S. The molecule has 4 nitrogen and oxygen atoms in total. The SMILES string of the molecule is CCCNC(Cc1nccn1C)c1cnc(C)s1. The summed E-state index contributed by atoms with van der Waals surface area (Å²) in [5.41, 5.74) is 0. The first-order valence-corrected chi connectivity index (χ1v) is 7.14. The summed E-state index contributed by atoms with van der Waals surface area (Å²) < 4.78 is 2.08. The van der Waals surface area contributed by atoms with Crippen LogP contribution in [0.5, 0.6) is 0 Å². The van der Waals surface area contributed by atoms with Crippen molar-refractivity contribution < 1.29 is 0 Å². The summed E-state index contributed by atoms with van der Waals surface area (Å²) in [6.45, 7) is 5.25. The molecule has 0 fully saturated rings. The van der Waals surface area contributed by atoms with Gasteiger partial charge in [-0.15, -0.1) is 11.3 Å². The van der Waals surface area contributed by atoms with Gasteiger partial charge < -0.3 is 9.88 Å². The largest absolute Gasteiger partial charge is 0.338 e. The molecule has 2 rings (SSSR count). The van der Waals surface area contributed by atoms with E-state index in [1.54, 1.807) is 11.3 Å². The van der Waals surface area contributed by atoms with E-state index in [0.717, 1.165) is 30.2 Å². The van der Waals surface area contributed by atoms with Gasteiger partial charge in [-0.25, -0.2) is 9.97 Å². The number of thiazole rings is 1. The minimum absolute atomic E-state index is 0.317. The number of imidazole rings is 1. The smallest absolute Gasteiger partial charge is 0.110 e. The molecule has 0 aliphatic rings. The molecule has 18 heavy (non-hydrogen) atoms. The molecule has 0 aliphatic carbocycles. The summed E-state index contributed by atoms with van der Waals surface area (Å²) in [5, 5.41) is 4.70. The average molecular weight is 264 g/mol. The van der Waals surface area contributed by atoms with Crippen LogP contribution in [0.1, 0.15) is 35.1 Å². The lowest BCUT2D eigenvalue weighted by atomic mass is 10.1. The van der Waals surface area contributed by atoms with Crippen molar-refractivity contribution in [1.29, 1.82) is 0 Å². The highest BCUT2D eigenvalue weighted by atomic mass is 32.1. The molecule has 0 aliphatic heterocycles. The molecule has 1 atom stereocenters. The lowest BCUT2D eigenvalue weighted by Crippen LogP contribution is -2.24. The van der Waals surface area contributed by atoms with E-state index >= 15 is 0 Å². The molecule has 0 spiro atoms. The Morgan fingerprint density at radius 3 is 2.83 bits per heavy atom. The number of aromatic nitrogens is 3. The van der Waals surface area contributed by atoms with Gasteiger partial charge >= 0.3 is 0 Å². The Bertz CT molecular complexity index is 489. The maximum Gasteiger partial charge on any atom is 0.110 e. The Balaban J connectivity index is 2.12. The van der Waals surface area contributed by atoms with Crippen LogP contribution in [0.3, 0.4) is 0 Å². The molecule has 0 amide bonds. The lowest BCUT2D eigenvalue weighted by molar-refractivity contribution is 0.518. The van der Waals surface area contributed by atoms with E-state index in [-0.39, 0.29) is 0 Å². The molecule has 5 heteroatoms. The van der Waals surface area contributed by atoms with Crippen LogP contribution in [0, 0.1) is 6.92 Å². The third-order valence-corrected chi connectivity index (χ3v) is 3.96. The third kappa shape index (κ3) is 3.17. The molecule has 0 aromatic carbocycles. The maximum absolute atomic E-state index is 4.40. The van der Waals surface area contributed by atoms with Crippen LogP contribution in [0.25, 0.3) is 0 Å². The summed E-state index contributed by atoms with van der Waals surface area (Å²) in [4.78, 5) is 10.0. The van der Waals surface area contributed by atoms with Gasteiger partial charge in [-0.2, -0.15) is 0 Å². The van der Waals surface area contributed by atoms with E-state index in [2.05, 4.69) is 26.8 Å². The first-order chi connectivity index (χ1) is 8.70. The zero-order valence-electron chi connectivity index (χ0n) is 11.2. The van der Waals surface area contributed by atoms with Crippen LogP contribution < -0.4 is 5.32 Å². The molecule has 0 saturated carbocycles. The summed E-state index contributed by atoms with van der Waals surface area (Å²) in [5.74, 6) is 1.11. The second-order valence-electron chi connectivity index (χ2n) is 4.45. The fourth-order valence-electron chi connectivity index (χ4n) is 1.91. The molecule has 1 unspecified atom stereocenters. The summed E-state index contributed by atoms with van der Waals surface area (Å²) in [6.07, 6.45) is 7.87. The molecule has 2 aromatic heterocycles. The Hall–Kier alpha value is -1.20. The van der Waals surface area contributed by atoms with Gasteiger partial charge in [0.2, 0.25) is 0 Å². The van der Waals surface area contributed by atoms with Crippen LogP contribution in [-0.2, 0) is 13.5 Å². The lowest BCUT2D eigenvalue weighted by Gasteiger charge is -2.16. The van der Waals surface area contributed by atoms with Crippen molar-refractivity contribution in [1.82, 2.24) is 19.9 Å². The van der Waals surface area contributed by atoms with Gasteiger partial charge in [0, 0.05) is 36.9 Å². The number of nitrogens with one attached hydrogen (secondary N) is 1. The summed E-state index contributed by atoms with van der Waals surface area (Å²) >= 11 is 1.76. The molecule has 2 heterocycles. The predicted octanol–water partition coefficient (Wildman–Crippen LogP) is 2.47. The van der Waals surface area contributed by atoms with E-state index in [4.69, 9.17) is 0 Å². The van der Waals surface area contributed by atoms with Crippen molar-refractivity contribution in [2.75, 3.05) is 6.54 Å². The van der Waals surface area contributed by atoms with Crippen LogP contribution in [0.15, 0.2) is 18.6 Å². The monoisotopic (exact) mass is 264 g/mol. The predicted molar refractivity (Wildman–Crippen MR) is 74.8 cm³/mol. The van der Waals surface area contributed by atoms with E-state index < -0.39 is 0 Å². The van der Waals surface area contributed by atoms with Gasteiger partial charge in [0.25, 0.3) is 0 Å². The second kappa shape index (κ2) is 6.11. The quantitative estimate of drug-likeness (QED) is 0.871. The fraction of sp³-hybridized carbons (Fsp3) is 0.538. The molecular weight excluding hydrogens is 244 g/mol. The van der Waals surface area contributed by atoms with E-state index in [0.29, 0.717) is 6.04 Å². The first-order valence-electron chi connectivity index (χ1n) is 6.32. The standard InChI is InChI=1S/C13H20N4S/c1-4-5-14-11(12-9-16-10(2)18-12)8-13-15-6-7-17(13)3/h6-7,9,11,14H,4-5,8H2,1-3H3. The number of hydrogen-bond acceptors (Lipinski definition) is 4. The maximum atomic E-state index is 4.40. The highest BCUT2D eigenvalue weighted by molar-refractivity contribution is 7.11. The highest BCUT2D eigenvalue weighted by Crippen LogP contribution is 2.23. The van der Waals surface area contributed by atoms with E-state index in [1.807, 2.05) is 32.6 Å². The van der Waals surface area contributed by atoms with Crippen molar-refractivity contribution in [3.8, 4) is 0 Å². The number of nitrogens with zero attached hydrogens (tertiary/aromatic N) is 3. The average Bonchev–Trinajstić information content (AvgIpc) is 2.94. The van der Waals surface area contributed by atoms with Gasteiger partial charge in [0.05, 0.1) is 11.0 Å². The van der Waals surface area contributed by atoms with Gasteiger partial charge in [-0.05, 0) is 19.9 Å². The summed E-state index contributed by atoms with van der Waals surface area (Å²) in [6, 6.07) is 0.317. The first kappa shape index (κ1) is 13.2. The molecule has 0 bridgehead atoms. The Kier molecular flexibility index (Phi) is 4.49. The van der Waals surface area contributed by atoms with Gasteiger partial charge in [0.1, 0.15) is 5.82 Å². The number of aryl methyl sites for hydroxylation is 2. The highest BCUT2D eigenvalue weighted by Gasteiger charge is 2.16. The zero-order valence-corrected chi connectivity index (χ0v) is 12.0. The van der Waals surface area contributed by atoms with Crippen molar-refractivity contribution in [3.05, 3.63) is 34.3 Å². The molecule has 98 valence electrons. The van der Waals surface area contributed by atoms with Crippen molar-refractivity contribution in [2.45, 2.75) is 32.7 Å². The fourth-order valence-corrected chi connectivity index (χ4v) is 2.77. The van der Waals surface area contributed by atoms with Crippen LogP contribution in [0.4, 0.5) is 0 Å². The third-order valence-electron chi connectivity index (χ3n) is 2.93. The topological polar surface area (TPSA) is 42.7 Å². The van der Waals surface area contributed by atoms with Crippen LogP contribution in [0.2, 0.25) is 0 Å². The minimum atomic E-state index is 0.317. The van der Waals surface area contributed by atoms with Crippen LogP contribution in [-0.4, -0.2) is 21.1 Å². The molecule has 2 aromatic rings. The van der Waals surface area contributed by atoms with E-state index in [1.165, 1.54) is 4.88 Å². The number of rotatable bonds is 6. The van der Waals surface area contributed by atoms with Crippen LogP contribution >= 0.6 is 11.3 Å². The van der Waals surface area contributed by atoms with Crippen molar-refractivity contribution in [3.63, 3.8) is 0 Å². The molecule has 0 radical (unpaired) electrons. The Morgan fingerprint density at radius 2 is 2.28 bits per heavy atom. The van der Waals surface area contributed by atoms with Crippen molar-refractivity contribution in [2.24, 2.45) is 7.05 Å².